The van der Waals surface area contributed by atoms with Crippen LogP contribution in [0.5, 0.6) is 0 Å². The number of aliphatic hydroxyl groups excluding tert-OH is 1. The van der Waals surface area contributed by atoms with E-state index in [4.69, 9.17) is 10.2 Å². The number of aliphatic carboxylic acids is 1. The van der Waals surface area contributed by atoms with Gasteiger partial charge in [0, 0.05) is 12.8 Å². The Hall–Kier alpha value is -1.10. The van der Waals surface area contributed by atoms with Crippen LogP contribution in [0.1, 0.15) is 20.8 Å². The van der Waals surface area contributed by atoms with Crippen LogP contribution in [0.25, 0.3) is 0 Å². The van der Waals surface area contributed by atoms with E-state index in [-0.39, 0.29) is 0 Å². The molecule has 0 heterocycles. The smallest absolute Gasteiger partial charge is 0.326 e. The predicted octanol–water partition coefficient (Wildman–Crippen LogP) is -0.407. The lowest BCUT2D eigenvalue weighted by molar-refractivity contribution is -0.144. The summed E-state index contributed by atoms with van der Waals surface area (Å²) >= 11 is 0. The molecular formula is C8H15NO4. The quantitative estimate of drug-likeness (QED) is 0.561. The standard InChI is InChI=1S/C8H15NO4/c1-4(5(2)10)7(8(12)13)9-6(3)11/h4-5,7,10H,1-3H3,(H,9,11)(H,12,13). The summed E-state index contributed by atoms with van der Waals surface area (Å²) in [7, 11) is 0. The number of hydrogen-bond donors (Lipinski definition) is 3. The van der Waals surface area contributed by atoms with E-state index in [2.05, 4.69) is 5.32 Å². The number of aliphatic hydroxyl groups is 1. The van der Waals surface area contributed by atoms with Gasteiger partial charge in [0.1, 0.15) is 6.04 Å². The first kappa shape index (κ1) is 11.9. The molecule has 5 heteroatoms. The van der Waals surface area contributed by atoms with Crippen LogP contribution in [0.15, 0.2) is 0 Å². The Bertz CT molecular complexity index is 202. The van der Waals surface area contributed by atoms with Gasteiger partial charge in [-0.1, -0.05) is 6.92 Å². The largest absolute Gasteiger partial charge is 0.480 e. The molecule has 3 atom stereocenters. The minimum Gasteiger partial charge on any atom is -0.480 e. The first-order valence-corrected chi connectivity index (χ1v) is 4.04. The van der Waals surface area contributed by atoms with Gasteiger partial charge in [-0.25, -0.2) is 4.79 Å². The second-order valence-corrected chi connectivity index (χ2v) is 3.12. The highest BCUT2D eigenvalue weighted by atomic mass is 16.4. The first-order chi connectivity index (χ1) is 5.86. The SMILES string of the molecule is CC(=O)NC(C(=O)O)C(C)C(C)O. The summed E-state index contributed by atoms with van der Waals surface area (Å²) in [5.74, 6) is -2.06. The van der Waals surface area contributed by atoms with E-state index in [9.17, 15) is 9.59 Å². The van der Waals surface area contributed by atoms with Crippen molar-refractivity contribution in [1.82, 2.24) is 5.32 Å². The van der Waals surface area contributed by atoms with Crippen molar-refractivity contribution in [2.45, 2.75) is 32.9 Å². The van der Waals surface area contributed by atoms with Crippen LogP contribution in [-0.2, 0) is 9.59 Å². The molecule has 0 fully saturated rings. The number of carbonyl (C=O) groups excluding carboxylic acids is 1. The van der Waals surface area contributed by atoms with Gasteiger partial charge in [-0.05, 0) is 6.92 Å². The van der Waals surface area contributed by atoms with Gasteiger partial charge in [0.05, 0.1) is 6.10 Å². The molecular weight excluding hydrogens is 174 g/mol. The summed E-state index contributed by atoms with van der Waals surface area (Å²) in [5.41, 5.74) is 0. The minimum atomic E-state index is -1.14. The number of carboxylic acid groups (broad SMARTS) is 1. The summed E-state index contributed by atoms with van der Waals surface area (Å²) < 4.78 is 0. The fourth-order valence-corrected chi connectivity index (χ4v) is 0.916. The van der Waals surface area contributed by atoms with Crippen molar-refractivity contribution in [3.63, 3.8) is 0 Å². The molecule has 1 amide bonds. The summed E-state index contributed by atoms with van der Waals surface area (Å²) in [6, 6.07) is -1.03. The third-order valence-corrected chi connectivity index (χ3v) is 1.91. The molecule has 0 aromatic carbocycles. The Morgan fingerprint density at radius 1 is 1.31 bits per heavy atom. The number of carboxylic acids is 1. The van der Waals surface area contributed by atoms with Crippen LogP contribution in [0.3, 0.4) is 0 Å². The molecule has 3 unspecified atom stereocenters. The highest BCUT2D eigenvalue weighted by Gasteiger charge is 2.28. The second-order valence-electron chi connectivity index (χ2n) is 3.12. The molecule has 0 aliphatic carbocycles. The van der Waals surface area contributed by atoms with Gasteiger partial charge in [0.2, 0.25) is 5.91 Å². The summed E-state index contributed by atoms with van der Waals surface area (Å²) in [6.07, 6.45) is -0.770. The molecule has 3 N–H and O–H groups in total. The minimum absolute atomic E-state index is 0.417. The summed E-state index contributed by atoms with van der Waals surface area (Å²) in [4.78, 5) is 21.3. The van der Waals surface area contributed by atoms with Crippen molar-refractivity contribution in [2.75, 3.05) is 0 Å². The maximum atomic E-state index is 10.7. The lowest BCUT2D eigenvalue weighted by Crippen LogP contribution is -2.47. The molecule has 0 rings (SSSR count). The van der Waals surface area contributed by atoms with E-state index in [0.29, 0.717) is 0 Å². The van der Waals surface area contributed by atoms with Gasteiger partial charge in [-0.2, -0.15) is 0 Å². The van der Waals surface area contributed by atoms with E-state index in [1.54, 1.807) is 6.92 Å². The molecule has 0 radical (unpaired) electrons. The van der Waals surface area contributed by atoms with Crippen LogP contribution in [0, 0.1) is 5.92 Å². The van der Waals surface area contributed by atoms with E-state index >= 15 is 0 Å². The van der Waals surface area contributed by atoms with Crippen LogP contribution in [0.4, 0.5) is 0 Å². The third kappa shape index (κ3) is 3.89. The van der Waals surface area contributed by atoms with Gasteiger partial charge in [0.15, 0.2) is 0 Å². The Labute approximate surface area is 76.8 Å². The molecule has 0 aliphatic rings. The van der Waals surface area contributed by atoms with Crippen LogP contribution in [-0.4, -0.2) is 34.2 Å². The van der Waals surface area contributed by atoms with Crippen LogP contribution in [0.2, 0.25) is 0 Å². The summed E-state index contributed by atoms with van der Waals surface area (Å²) in [6.45, 7) is 4.30. The zero-order valence-corrected chi connectivity index (χ0v) is 7.94. The molecule has 0 bridgehead atoms. The van der Waals surface area contributed by atoms with Gasteiger partial charge in [-0.15, -0.1) is 0 Å². The Balaban J connectivity index is 4.41. The maximum absolute atomic E-state index is 10.7. The van der Waals surface area contributed by atoms with Gasteiger partial charge in [0.25, 0.3) is 0 Å². The van der Waals surface area contributed by atoms with Gasteiger partial charge < -0.3 is 15.5 Å². The van der Waals surface area contributed by atoms with E-state index in [1.165, 1.54) is 13.8 Å². The van der Waals surface area contributed by atoms with Crippen molar-refractivity contribution in [1.29, 1.82) is 0 Å². The summed E-state index contributed by atoms with van der Waals surface area (Å²) in [5, 5.41) is 20.1. The normalized spacial score (nSPS) is 17.2. The van der Waals surface area contributed by atoms with Crippen molar-refractivity contribution < 1.29 is 19.8 Å². The Morgan fingerprint density at radius 2 is 1.77 bits per heavy atom. The molecule has 0 spiro atoms. The highest BCUT2D eigenvalue weighted by molar-refractivity contribution is 5.82. The molecule has 0 saturated carbocycles. The van der Waals surface area contributed by atoms with Gasteiger partial charge >= 0.3 is 5.97 Å². The number of nitrogens with one attached hydrogen (secondary N) is 1. The average Bonchev–Trinajstić information content (AvgIpc) is 1.97. The molecule has 5 nitrogen and oxygen atoms in total. The lowest BCUT2D eigenvalue weighted by Gasteiger charge is -2.22. The van der Waals surface area contributed by atoms with Crippen molar-refractivity contribution >= 4 is 11.9 Å². The van der Waals surface area contributed by atoms with Crippen LogP contribution >= 0.6 is 0 Å². The van der Waals surface area contributed by atoms with Gasteiger partial charge in [-0.3, -0.25) is 4.79 Å². The van der Waals surface area contributed by atoms with Crippen molar-refractivity contribution in [3.05, 3.63) is 0 Å². The maximum Gasteiger partial charge on any atom is 0.326 e. The fourth-order valence-electron chi connectivity index (χ4n) is 0.916. The molecule has 0 aliphatic heterocycles. The molecule has 0 aromatic heterocycles. The number of carbonyl (C=O) groups is 2. The van der Waals surface area contributed by atoms with Crippen molar-refractivity contribution in [3.8, 4) is 0 Å². The van der Waals surface area contributed by atoms with E-state index < -0.39 is 29.9 Å². The molecule has 0 aromatic rings. The zero-order valence-electron chi connectivity index (χ0n) is 7.94. The second kappa shape index (κ2) is 4.81. The number of amides is 1. The van der Waals surface area contributed by atoms with E-state index in [0.717, 1.165) is 0 Å². The monoisotopic (exact) mass is 189 g/mol. The first-order valence-electron chi connectivity index (χ1n) is 4.04. The molecule has 13 heavy (non-hydrogen) atoms. The number of hydrogen-bond acceptors (Lipinski definition) is 3. The zero-order chi connectivity index (χ0) is 10.6. The Morgan fingerprint density at radius 3 is 2.00 bits per heavy atom. The molecule has 76 valence electrons. The van der Waals surface area contributed by atoms with Crippen molar-refractivity contribution in [2.24, 2.45) is 5.92 Å². The van der Waals surface area contributed by atoms with Crippen LogP contribution < -0.4 is 5.32 Å². The highest BCUT2D eigenvalue weighted by Crippen LogP contribution is 2.08. The Kier molecular flexibility index (Phi) is 4.40. The third-order valence-electron chi connectivity index (χ3n) is 1.91. The fraction of sp³-hybridized carbons (Fsp3) is 0.750. The molecule has 0 saturated heterocycles. The number of rotatable bonds is 4. The topological polar surface area (TPSA) is 86.6 Å². The lowest BCUT2D eigenvalue weighted by atomic mass is 9.97. The average molecular weight is 189 g/mol. The van der Waals surface area contributed by atoms with E-state index in [1.807, 2.05) is 0 Å². The predicted molar refractivity (Wildman–Crippen MR) is 46.1 cm³/mol.